The second-order valence-corrected chi connectivity index (χ2v) is 5.71. The Balaban J connectivity index is 0.00000180. The largest absolute Gasteiger partial charge is 1.00 e. The van der Waals surface area contributed by atoms with Crippen LogP contribution >= 0.6 is 0 Å². The minimum atomic E-state index is -1.10. The summed E-state index contributed by atoms with van der Waals surface area (Å²) in [5.74, 6) is -1.39. The van der Waals surface area contributed by atoms with Gasteiger partial charge in [-0.05, 0) is 18.8 Å². The van der Waals surface area contributed by atoms with Gasteiger partial charge < -0.3 is 20.0 Å². The van der Waals surface area contributed by atoms with Crippen molar-refractivity contribution in [2.75, 3.05) is 19.8 Å². The van der Waals surface area contributed by atoms with Crippen LogP contribution in [0.1, 0.15) is 26.7 Å². The van der Waals surface area contributed by atoms with Crippen molar-refractivity contribution in [2.24, 2.45) is 23.2 Å². The molecule has 1 amide bonds. The van der Waals surface area contributed by atoms with E-state index in [4.69, 9.17) is 4.74 Å². The number of hydrogen-bond acceptors (Lipinski definition) is 4. The van der Waals surface area contributed by atoms with E-state index in [2.05, 4.69) is 5.32 Å². The molecule has 102 valence electrons. The fourth-order valence-corrected chi connectivity index (χ4v) is 2.82. The predicted molar refractivity (Wildman–Crippen MR) is 62.3 cm³/mol. The van der Waals surface area contributed by atoms with Gasteiger partial charge in [-0.1, -0.05) is 13.8 Å². The van der Waals surface area contributed by atoms with E-state index >= 15 is 0 Å². The number of amides is 1. The fraction of sp³-hybridized carbons (Fsp3) is 0.846. The molecule has 19 heavy (non-hydrogen) atoms. The van der Waals surface area contributed by atoms with Crippen LogP contribution in [0.3, 0.4) is 0 Å². The van der Waals surface area contributed by atoms with Crippen LogP contribution in [0.4, 0.5) is 0 Å². The Kier molecular flexibility index (Phi) is 5.86. The molecule has 1 saturated carbocycles. The standard InChI is InChI=1S/C13H21NO4.Na/c1-8(2)13(12(16)17)5-10(13)11(15)14-6-9-3-4-18-7-9;/h8-10H,3-7H2,1-2H3,(H,14,15)(H,16,17);/q;+1/p-1. The summed E-state index contributed by atoms with van der Waals surface area (Å²) < 4.78 is 5.23. The van der Waals surface area contributed by atoms with Crippen molar-refractivity contribution < 1.29 is 49.0 Å². The smallest absolute Gasteiger partial charge is 0.550 e. The van der Waals surface area contributed by atoms with Gasteiger partial charge >= 0.3 is 29.6 Å². The molecule has 1 N–H and O–H groups in total. The van der Waals surface area contributed by atoms with Crippen LogP contribution in [0.5, 0.6) is 0 Å². The number of carboxylic acids is 1. The average Bonchev–Trinajstić information content (AvgIpc) is 2.89. The summed E-state index contributed by atoms with van der Waals surface area (Å²) in [5.41, 5.74) is -0.948. The topological polar surface area (TPSA) is 78.5 Å². The Morgan fingerprint density at radius 2 is 2.16 bits per heavy atom. The second-order valence-electron chi connectivity index (χ2n) is 5.71. The number of nitrogens with one attached hydrogen (secondary N) is 1. The summed E-state index contributed by atoms with van der Waals surface area (Å²) >= 11 is 0. The third kappa shape index (κ3) is 3.32. The van der Waals surface area contributed by atoms with Crippen molar-refractivity contribution in [3.05, 3.63) is 0 Å². The number of rotatable bonds is 5. The van der Waals surface area contributed by atoms with Gasteiger partial charge in [0.05, 0.1) is 6.61 Å². The molecule has 0 aromatic rings. The van der Waals surface area contributed by atoms with Crippen molar-refractivity contribution in [1.29, 1.82) is 0 Å². The van der Waals surface area contributed by atoms with E-state index in [1.165, 1.54) is 0 Å². The van der Waals surface area contributed by atoms with E-state index in [1.807, 2.05) is 13.8 Å². The van der Waals surface area contributed by atoms with Crippen LogP contribution in [0, 0.1) is 23.2 Å². The van der Waals surface area contributed by atoms with E-state index in [0.717, 1.165) is 13.0 Å². The van der Waals surface area contributed by atoms with Crippen molar-refractivity contribution >= 4 is 11.9 Å². The van der Waals surface area contributed by atoms with Crippen LogP contribution in [0.15, 0.2) is 0 Å². The van der Waals surface area contributed by atoms with Gasteiger partial charge in [0, 0.05) is 36.4 Å². The molecule has 0 spiro atoms. The zero-order valence-corrected chi connectivity index (χ0v) is 13.9. The molecule has 2 fully saturated rings. The van der Waals surface area contributed by atoms with Crippen LogP contribution in [0.2, 0.25) is 0 Å². The van der Waals surface area contributed by atoms with Gasteiger partial charge in [-0.2, -0.15) is 0 Å². The molecular weight excluding hydrogens is 257 g/mol. The minimum absolute atomic E-state index is 0. The van der Waals surface area contributed by atoms with E-state index in [0.29, 0.717) is 25.5 Å². The molecule has 0 bridgehead atoms. The molecule has 0 aromatic heterocycles. The van der Waals surface area contributed by atoms with E-state index in [-0.39, 0.29) is 41.4 Å². The summed E-state index contributed by atoms with van der Waals surface area (Å²) in [6, 6.07) is 0. The summed E-state index contributed by atoms with van der Waals surface area (Å²) in [4.78, 5) is 23.1. The van der Waals surface area contributed by atoms with Crippen molar-refractivity contribution in [3.63, 3.8) is 0 Å². The Morgan fingerprint density at radius 1 is 1.47 bits per heavy atom. The predicted octanol–water partition coefficient (Wildman–Crippen LogP) is -3.44. The first-order chi connectivity index (χ1) is 8.48. The Hall–Kier alpha value is -0.100. The van der Waals surface area contributed by atoms with E-state index in [1.54, 1.807) is 0 Å². The molecule has 2 rings (SSSR count). The van der Waals surface area contributed by atoms with Crippen molar-refractivity contribution in [3.8, 4) is 0 Å². The van der Waals surface area contributed by atoms with Crippen LogP contribution < -0.4 is 40.0 Å². The van der Waals surface area contributed by atoms with Gasteiger partial charge in [0.15, 0.2) is 0 Å². The molecule has 1 heterocycles. The van der Waals surface area contributed by atoms with Gasteiger partial charge in [-0.15, -0.1) is 0 Å². The number of hydrogen-bond donors (Lipinski definition) is 1. The fourth-order valence-electron chi connectivity index (χ4n) is 2.82. The van der Waals surface area contributed by atoms with Crippen LogP contribution in [-0.4, -0.2) is 31.6 Å². The molecule has 1 aliphatic carbocycles. The third-order valence-electron chi connectivity index (χ3n) is 4.32. The maximum Gasteiger partial charge on any atom is 1.00 e. The number of carbonyl (C=O) groups excluding carboxylic acids is 2. The Bertz CT molecular complexity index is 355. The van der Waals surface area contributed by atoms with Gasteiger partial charge in [-0.3, -0.25) is 4.79 Å². The molecule has 3 atom stereocenters. The van der Waals surface area contributed by atoms with Gasteiger partial charge in [0.25, 0.3) is 0 Å². The summed E-state index contributed by atoms with van der Waals surface area (Å²) in [6.07, 6.45) is 1.36. The maximum atomic E-state index is 11.9. The summed E-state index contributed by atoms with van der Waals surface area (Å²) in [7, 11) is 0. The van der Waals surface area contributed by atoms with Crippen LogP contribution in [0.25, 0.3) is 0 Å². The molecule has 0 radical (unpaired) electrons. The monoisotopic (exact) mass is 277 g/mol. The van der Waals surface area contributed by atoms with Gasteiger partial charge in [-0.25, -0.2) is 0 Å². The molecule has 0 aromatic carbocycles. The zero-order chi connectivity index (χ0) is 13.3. The average molecular weight is 277 g/mol. The SMILES string of the molecule is CC(C)C1(C(=O)[O-])CC1C(=O)NCC1CCOC1.[Na+]. The molecule has 3 unspecified atom stereocenters. The quantitative estimate of drug-likeness (QED) is 0.530. The third-order valence-corrected chi connectivity index (χ3v) is 4.32. The van der Waals surface area contributed by atoms with E-state index < -0.39 is 17.3 Å². The molecule has 1 saturated heterocycles. The van der Waals surface area contributed by atoms with Gasteiger partial charge in [0.2, 0.25) is 5.91 Å². The summed E-state index contributed by atoms with van der Waals surface area (Å²) in [5, 5.41) is 14.0. The molecule has 2 aliphatic rings. The molecule has 1 aliphatic heterocycles. The first kappa shape index (κ1) is 17.0. The molecular formula is C13H20NNaO4. The van der Waals surface area contributed by atoms with E-state index in [9.17, 15) is 14.7 Å². The second kappa shape index (κ2) is 6.57. The first-order valence-corrected chi connectivity index (χ1v) is 6.55. The van der Waals surface area contributed by atoms with Crippen LogP contribution in [-0.2, 0) is 14.3 Å². The molecule has 6 heteroatoms. The Labute approximate surface area is 135 Å². The maximum absolute atomic E-state index is 11.9. The number of carbonyl (C=O) groups is 2. The minimum Gasteiger partial charge on any atom is -0.550 e. The first-order valence-electron chi connectivity index (χ1n) is 6.55. The van der Waals surface area contributed by atoms with Crippen molar-refractivity contribution in [1.82, 2.24) is 5.32 Å². The van der Waals surface area contributed by atoms with Crippen molar-refractivity contribution in [2.45, 2.75) is 26.7 Å². The normalized spacial score (nSPS) is 32.8. The summed E-state index contributed by atoms with van der Waals surface area (Å²) in [6.45, 7) is 5.66. The molecule has 5 nitrogen and oxygen atoms in total. The number of ether oxygens (including phenoxy) is 1. The Morgan fingerprint density at radius 3 is 2.58 bits per heavy atom. The number of aliphatic carboxylic acids is 1. The van der Waals surface area contributed by atoms with Gasteiger partial charge in [0.1, 0.15) is 0 Å². The number of carboxylic acid groups (broad SMARTS) is 1. The zero-order valence-electron chi connectivity index (χ0n) is 11.9.